The molecule has 2 heterocycles. The number of nitrogens with zero attached hydrogens (tertiary/aromatic N) is 2. The van der Waals surface area contributed by atoms with Gasteiger partial charge in [-0.25, -0.2) is 0 Å². The van der Waals surface area contributed by atoms with Crippen molar-refractivity contribution in [3.63, 3.8) is 0 Å². The van der Waals surface area contributed by atoms with Crippen molar-refractivity contribution in [1.82, 2.24) is 0 Å². The third kappa shape index (κ3) is 5.17. The maximum absolute atomic E-state index is 9.31. The summed E-state index contributed by atoms with van der Waals surface area (Å²) >= 11 is 0. The van der Waals surface area contributed by atoms with Gasteiger partial charge in [-0.1, -0.05) is 38.5 Å². The normalized spacial score (nSPS) is 34.7. The summed E-state index contributed by atoms with van der Waals surface area (Å²) in [6.45, 7) is 0.992. The van der Waals surface area contributed by atoms with Gasteiger partial charge < -0.3 is 18.9 Å². The van der Waals surface area contributed by atoms with Gasteiger partial charge in [-0.15, -0.1) is 0 Å². The van der Waals surface area contributed by atoms with Crippen LogP contribution in [0.15, 0.2) is 0 Å². The van der Waals surface area contributed by atoms with Crippen LogP contribution in [0.3, 0.4) is 0 Å². The average molecular weight is 417 g/mol. The quantitative estimate of drug-likeness (QED) is 0.587. The Morgan fingerprint density at radius 1 is 0.667 bits per heavy atom. The Balaban J connectivity index is 1.34. The Morgan fingerprint density at radius 3 is 1.43 bits per heavy atom. The SMILES string of the molecule is N#CCC(O[C@@H]1COC2C1OC[C@H]2OC(CC#N)C1CCCCC1)C1CCCCC1. The van der Waals surface area contributed by atoms with E-state index in [0.717, 1.165) is 25.7 Å². The number of ether oxygens (including phenoxy) is 4. The molecule has 0 radical (unpaired) electrons. The van der Waals surface area contributed by atoms with E-state index in [1.807, 2.05) is 0 Å². The molecular weight excluding hydrogens is 380 g/mol. The molecule has 0 spiro atoms. The van der Waals surface area contributed by atoms with Crippen molar-refractivity contribution in [3.8, 4) is 12.1 Å². The second-order valence-corrected chi connectivity index (χ2v) is 9.54. The van der Waals surface area contributed by atoms with Crippen molar-refractivity contribution in [3.05, 3.63) is 0 Å². The lowest BCUT2D eigenvalue weighted by Crippen LogP contribution is -2.40. The number of nitriles is 2. The van der Waals surface area contributed by atoms with E-state index in [-0.39, 0.29) is 36.6 Å². The predicted octanol–water partition coefficient (Wildman–Crippen LogP) is 4.28. The summed E-state index contributed by atoms with van der Waals surface area (Å²) in [6, 6.07) is 4.64. The minimum Gasteiger partial charge on any atom is -0.370 e. The van der Waals surface area contributed by atoms with Gasteiger partial charge >= 0.3 is 0 Å². The highest BCUT2D eigenvalue weighted by atomic mass is 16.6. The van der Waals surface area contributed by atoms with Crippen molar-refractivity contribution in [2.75, 3.05) is 13.2 Å². The molecule has 4 unspecified atom stereocenters. The highest BCUT2D eigenvalue weighted by Gasteiger charge is 2.50. The second-order valence-electron chi connectivity index (χ2n) is 9.54. The molecular formula is C24H36N2O4. The standard InChI is InChI=1S/C24H36N2O4/c25-13-11-19(17-7-3-1-4-8-17)29-21-15-27-24-22(16-28-23(21)24)30-20(12-14-26)18-9-5-2-6-10-18/h17-24H,1-12,15-16H2/t19?,20?,21-,22-,23?,24?/m1/s1. The van der Waals surface area contributed by atoms with Crippen LogP contribution >= 0.6 is 0 Å². The maximum atomic E-state index is 9.31. The molecule has 0 aromatic carbocycles. The molecule has 166 valence electrons. The Bertz CT molecular complexity index is 564. The van der Waals surface area contributed by atoms with Gasteiger partial charge in [-0.2, -0.15) is 10.5 Å². The monoisotopic (exact) mass is 416 g/mol. The number of rotatable bonds is 8. The summed E-state index contributed by atoms with van der Waals surface area (Å²) in [7, 11) is 0. The lowest BCUT2D eigenvalue weighted by atomic mass is 9.84. The van der Waals surface area contributed by atoms with Gasteiger partial charge in [-0.3, -0.25) is 0 Å². The molecule has 4 rings (SSSR count). The summed E-state index contributed by atoms with van der Waals surface area (Å²) in [6.07, 6.45) is 12.4. The third-order valence-corrected chi connectivity index (χ3v) is 7.60. The van der Waals surface area contributed by atoms with Crippen molar-refractivity contribution in [2.45, 2.75) is 114 Å². The molecule has 0 aromatic heterocycles. The molecule has 6 atom stereocenters. The molecule has 2 saturated heterocycles. The molecule has 0 bridgehead atoms. The lowest BCUT2D eigenvalue weighted by molar-refractivity contribution is -0.106. The van der Waals surface area contributed by atoms with Gasteiger partial charge in [0.05, 0.1) is 50.4 Å². The summed E-state index contributed by atoms with van der Waals surface area (Å²) in [5, 5.41) is 18.6. The predicted molar refractivity (Wildman–Crippen MR) is 110 cm³/mol. The smallest absolute Gasteiger partial charge is 0.115 e. The molecule has 0 N–H and O–H groups in total. The zero-order valence-corrected chi connectivity index (χ0v) is 18.0. The Kier molecular flexibility index (Phi) is 8.01. The molecule has 4 fully saturated rings. The highest BCUT2D eigenvalue weighted by molar-refractivity contribution is 4.98. The van der Waals surface area contributed by atoms with E-state index in [4.69, 9.17) is 18.9 Å². The third-order valence-electron chi connectivity index (χ3n) is 7.60. The lowest BCUT2D eigenvalue weighted by Gasteiger charge is -2.32. The maximum Gasteiger partial charge on any atom is 0.115 e. The van der Waals surface area contributed by atoms with Crippen LogP contribution in [0.1, 0.15) is 77.0 Å². The topological polar surface area (TPSA) is 84.5 Å². The van der Waals surface area contributed by atoms with E-state index >= 15 is 0 Å². The highest BCUT2D eigenvalue weighted by Crippen LogP contribution is 2.37. The Hall–Kier alpha value is -1.18. The molecule has 0 amide bonds. The summed E-state index contributed by atoms with van der Waals surface area (Å²) in [5.74, 6) is 0.939. The Labute approximate surface area is 180 Å². The van der Waals surface area contributed by atoms with E-state index in [0.29, 0.717) is 37.9 Å². The number of hydrogen-bond acceptors (Lipinski definition) is 6. The van der Waals surface area contributed by atoms with Gasteiger partial charge in [0.15, 0.2) is 0 Å². The van der Waals surface area contributed by atoms with Crippen LogP contribution in [0.5, 0.6) is 0 Å². The van der Waals surface area contributed by atoms with Gasteiger partial charge in [0.2, 0.25) is 0 Å². The van der Waals surface area contributed by atoms with E-state index in [2.05, 4.69) is 12.1 Å². The number of hydrogen-bond donors (Lipinski definition) is 0. The van der Waals surface area contributed by atoms with Gasteiger partial charge in [0, 0.05) is 0 Å². The molecule has 2 saturated carbocycles. The zero-order valence-electron chi connectivity index (χ0n) is 18.0. The van der Waals surface area contributed by atoms with Crippen molar-refractivity contribution >= 4 is 0 Å². The van der Waals surface area contributed by atoms with E-state index < -0.39 is 0 Å². The molecule has 2 aliphatic heterocycles. The molecule has 6 nitrogen and oxygen atoms in total. The average Bonchev–Trinajstić information content (AvgIpc) is 3.37. The summed E-state index contributed by atoms with van der Waals surface area (Å²) < 4.78 is 25.1. The largest absolute Gasteiger partial charge is 0.370 e. The minimum absolute atomic E-state index is 0.0280. The first-order chi connectivity index (χ1) is 14.8. The van der Waals surface area contributed by atoms with Crippen molar-refractivity contribution in [2.24, 2.45) is 11.8 Å². The van der Waals surface area contributed by atoms with Crippen LogP contribution in [-0.2, 0) is 18.9 Å². The fourth-order valence-corrected chi connectivity index (χ4v) is 5.96. The van der Waals surface area contributed by atoms with E-state index in [9.17, 15) is 10.5 Å². The fourth-order valence-electron chi connectivity index (χ4n) is 5.96. The zero-order chi connectivity index (χ0) is 20.8. The fraction of sp³-hybridized carbons (Fsp3) is 0.917. The van der Waals surface area contributed by atoms with Crippen LogP contribution in [-0.4, -0.2) is 49.8 Å². The van der Waals surface area contributed by atoms with Crippen LogP contribution < -0.4 is 0 Å². The molecule has 6 heteroatoms. The van der Waals surface area contributed by atoms with Crippen LogP contribution in [0, 0.1) is 34.5 Å². The molecule has 30 heavy (non-hydrogen) atoms. The van der Waals surface area contributed by atoms with Gasteiger partial charge in [0.1, 0.15) is 24.4 Å². The van der Waals surface area contributed by atoms with Gasteiger partial charge in [-0.05, 0) is 37.5 Å². The van der Waals surface area contributed by atoms with E-state index in [1.54, 1.807) is 0 Å². The second kappa shape index (κ2) is 10.9. The summed E-state index contributed by atoms with van der Waals surface area (Å²) in [4.78, 5) is 0. The molecule has 0 aromatic rings. The first-order valence-electron chi connectivity index (χ1n) is 12.1. The molecule has 2 aliphatic carbocycles. The first-order valence-corrected chi connectivity index (χ1v) is 12.1. The van der Waals surface area contributed by atoms with Crippen LogP contribution in [0.2, 0.25) is 0 Å². The molecule has 4 aliphatic rings. The van der Waals surface area contributed by atoms with E-state index in [1.165, 1.54) is 38.5 Å². The van der Waals surface area contributed by atoms with Crippen LogP contribution in [0.4, 0.5) is 0 Å². The van der Waals surface area contributed by atoms with Crippen molar-refractivity contribution in [1.29, 1.82) is 10.5 Å². The van der Waals surface area contributed by atoms with Crippen molar-refractivity contribution < 1.29 is 18.9 Å². The Morgan fingerprint density at radius 2 is 1.07 bits per heavy atom. The minimum atomic E-state index is -0.132. The summed E-state index contributed by atoms with van der Waals surface area (Å²) in [5.41, 5.74) is 0. The van der Waals surface area contributed by atoms with Gasteiger partial charge in [0.25, 0.3) is 0 Å². The number of fused-ring (bicyclic) bond motifs is 1. The first kappa shape index (κ1) is 22.0. The van der Waals surface area contributed by atoms with Crippen LogP contribution in [0.25, 0.3) is 0 Å².